The van der Waals surface area contributed by atoms with Gasteiger partial charge in [-0.1, -0.05) is 341 Å². The number of quaternary nitrogens is 1. The van der Waals surface area contributed by atoms with Crippen molar-refractivity contribution >= 4 is 19.7 Å². The zero-order chi connectivity index (χ0) is 61.4. The van der Waals surface area contributed by atoms with Gasteiger partial charge < -0.3 is 19.4 Å². The monoisotopic (exact) mass is 1210 g/mol. The Hall–Kier alpha value is -1.51. The minimum atomic E-state index is -4.45. The first kappa shape index (κ1) is 82.5. The van der Waals surface area contributed by atoms with E-state index in [1.165, 1.54) is 295 Å². The molecule has 9 nitrogen and oxygen atoms in total. The number of carbonyl (C=O) groups excluding carboxylic acids is 2. The van der Waals surface area contributed by atoms with Crippen LogP contribution in [0.4, 0.5) is 0 Å². The van der Waals surface area contributed by atoms with E-state index in [1.54, 1.807) is 0 Å². The third-order valence-electron chi connectivity index (χ3n) is 17.1. The van der Waals surface area contributed by atoms with Crippen molar-refractivity contribution in [2.45, 2.75) is 399 Å². The van der Waals surface area contributed by atoms with Gasteiger partial charge >= 0.3 is 13.8 Å². The van der Waals surface area contributed by atoms with E-state index in [4.69, 9.17) is 13.8 Å². The van der Waals surface area contributed by atoms with Gasteiger partial charge in [0.2, 0.25) is 5.91 Å². The lowest BCUT2D eigenvalue weighted by Crippen LogP contribution is -2.47. The highest BCUT2D eigenvalue weighted by Gasteiger charge is 2.30. The van der Waals surface area contributed by atoms with E-state index in [1.807, 2.05) is 27.2 Å². The summed E-state index contributed by atoms with van der Waals surface area (Å²) in [5.74, 6) is -0.481. The van der Waals surface area contributed by atoms with Crippen LogP contribution in [0.1, 0.15) is 387 Å². The number of amides is 1. The summed E-state index contributed by atoms with van der Waals surface area (Å²) >= 11 is 0. The first-order chi connectivity index (χ1) is 40.9. The first-order valence-corrected chi connectivity index (χ1v) is 38.7. The average Bonchev–Trinajstić information content (AvgIpc) is 3.64. The highest BCUT2D eigenvalue weighted by molar-refractivity contribution is 7.47. The molecule has 0 aliphatic carbocycles. The van der Waals surface area contributed by atoms with Gasteiger partial charge in [0.25, 0.3) is 0 Å². The quantitative estimate of drug-likeness (QED) is 0.0205. The van der Waals surface area contributed by atoms with Crippen LogP contribution in [0.5, 0.6) is 0 Å². The van der Waals surface area contributed by atoms with Crippen LogP contribution in [-0.2, 0) is 27.9 Å². The van der Waals surface area contributed by atoms with Crippen LogP contribution in [0.15, 0.2) is 24.3 Å². The second kappa shape index (κ2) is 64.5. The van der Waals surface area contributed by atoms with Crippen molar-refractivity contribution in [1.29, 1.82) is 0 Å². The molecule has 0 aliphatic rings. The summed E-state index contributed by atoms with van der Waals surface area (Å²) in [7, 11) is 1.52. The van der Waals surface area contributed by atoms with Crippen LogP contribution in [0.2, 0.25) is 0 Å². The first-order valence-electron chi connectivity index (χ1n) is 37.2. The molecule has 3 atom stereocenters. The highest BCUT2D eigenvalue weighted by Crippen LogP contribution is 2.43. The number of hydrogen-bond acceptors (Lipinski definition) is 6. The number of hydrogen-bond donors (Lipinski definition) is 2. The summed E-state index contributed by atoms with van der Waals surface area (Å²) in [4.78, 5) is 37.9. The van der Waals surface area contributed by atoms with E-state index in [2.05, 4.69) is 44.3 Å². The Balaban J connectivity index is 4.98. The van der Waals surface area contributed by atoms with Crippen molar-refractivity contribution in [3.8, 4) is 0 Å². The number of esters is 1. The number of rotatable bonds is 69. The standard InChI is InChI=1S/C74H145N2O7P/c1-7-10-13-16-19-22-25-28-30-32-34-36-37-38-39-41-43-45-47-49-52-55-58-61-64-67-74(78)83-72(65-62-59-56-53-50-27-24-21-18-15-12-9-3)71(70-82-84(79,80)81-69-68-76(4,5)6)75-73(77)66-63-60-57-54-51-48-46-44-42-40-35-33-31-29-26-23-20-17-14-11-8-2/h29,31,62,65,71-72H,7-28,30,32-61,63-64,66-70H2,1-6H3,(H-,75,77,79,80)/p+1/b31-29+,65-62+. The Morgan fingerprint density at radius 2 is 0.690 bits per heavy atom. The van der Waals surface area contributed by atoms with E-state index in [0.29, 0.717) is 23.9 Å². The molecule has 0 aromatic carbocycles. The molecule has 1 amide bonds. The molecule has 0 saturated heterocycles. The second-order valence-electron chi connectivity index (χ2n) is 26.8. The fourth-order valence-corrected chi connectivity index (χ4v) is 12.1. The van der Waals surface area contributed by atoms with E-state index < -0.39 is 20.0 Å². The van der Waals surface area contributed by atoms with Gasteiger partial charge in [-0.3, -0.25) is 18.6 Å². The molecular weight excluding hydrogens is 1060 g/mol. The van der Waals surface area contributed by atoms with Gasteiger partial charge in [-0.2, -0.15) is 0 Å². The molecule has 84 heavy (non-hydrogen) atoms. The zero-order valence-electron chi connectivity index (χ0n) is 57.2. The van der Waals surface area contributed by atoms with E-state index in [9.17, 15) is 19.0 Å². The molecule has 0 aromatic heterocycles. The fourth-order valence-electron chi connectivity index (χ4n) is 11.4. The van der Waals surface area contributed by atoms with Crippen LogP contribution >= 0.6 is 7.82 Å². The lowest BCUT2D eigenvalue weighted by molar-refractivity contribution is -0.870. The molecule has 0 aromatic rings. The number of carbonyl (C=O) groups is 2. The molecule has 0 bridgehead atoms. The molecule has 3 unspecified atom stereocenters. The molecule has 0 rings (SSSR count). The average molecular weight is 1210 g/mol. The van der Waals surface area contributed by atoms with Crippen molar-refractivity contribution < 1.29 is 37.3 Å². The molecule has 10 heteroatoms. The number of unbranched alkanes of at least 4 members (excludes halogenated alkanes) is 51. The third-order valence-corrected chi connectivity index (χ3v) is 18.1. The Bertz CT molecular complexity index is 1480. The van der Waals surface area contributed by atoms with Crippen LogP contribution in [0.25, 0.3) is 0 Å². The Morgan fingerprint density at radius 1 is 0.405 bits per heavy atom. The van der Waals surface area contributed by atoms with Gasteiger partial charge in [-0.15, -0.1) is 0 Å². The maximum Gasteiger partial charge on any atom is 0.472 e. The number of likely N-dealkylation sites (N-methyl/N-ethyl adjacent to an activating group) is 1. The summed E-state index contributed by atoms with van der Waals surface area (Å²) in [6, 6.07) is -0.844. The number of ether oxygens (including phenoxy) is 1. The van der Waals surface area contributed by atoms with Crippen LogP contribution in [-0.4, -0.2) is 74.3 Å². The number of nitrogens with one attached hydrogen (secondary N) is 1. The van der Waals surface area contributed by atoms with Gasteiger partial charge in [0.15, 0.2) is 0 Å². The number of phosphoric acid groups is 1. The molecule has 0 saturated carbocycles. The third kappa shape index (κ3) is 64.9. The minimum Gasteiger partial charge on any atom is -0.456 e. The molecule has 0 heterocycles. The Labute approximate surface area is 524 Å². The lowest BCUT2D eigenvalue weighted by atomic mass is 10.0. The Kier molecular flexibility index (Phi) is 63.3. The van der Waals surface area contributed by atoms with Crippen molar-refractivity contribution in [1.82, 2.24) is 5.32 Å². The SMILES string of the molecule is CCCCCCCC/C=C/CCCCCCCCCCCCCC(=O)NC(COP(=O)(O)OCC[N+](C)(C)C)C(/C=C/CCCCCCCCCCCC)OC(=O)CCCCCCCCCCCCCCCCCCCCCCCCCCC. The Morgan fingerprint density at radius 3 is 1.01 bits per heavy atom. The topological polar surface area (TPSA) is 111 Å². The van der Waals surface area contributed by atoms with Crippen molar-refractivity contribution in [3.63, 3.8) is 0 Å². The minimum absolute atomic E-state index is 0.0442. The number of nitrogens with zero attached hydrogens (tertiary/aromatic N) is 1. The van der Waals surface area contributed by atoms with Gasteiger partial charge in [0.05, 0.1) is 33.8 Å². The van der Waals surface area contributed by atoms with E-state index in [-0.39, 0.29) is 25.1 Å². The summed E-state index contributed by atoms with van der Waals surface area (Å²) in [5, 5.41) is 3.08. The normalized spacial score (nSPS) is 13.6. The molecule has 2 N–H and O–H groups in total. The molecule has 0 aliphatic heterocycles. The van der Waals surface area contributed by atoms with Crippen molar-refractivity contribution in [2.24, 2.45) is 0 Å². The van der Waals surface area contributed by atoms with Gasteiger partial charge in [-0.05, 0) is 57.4 Å². The maximum atomic E-state index is 13.6. The number of allylic oxidation sites excluding steroid dienone is 3. The summed E-state index contributed by atoms with van der Waals surface area (Å²) in [5.41, 5.74) is 0. The lowest BCUT2D eigenvalue weighted by Gasteiger charge is -2.27. The predicted molar refractivity (Wildman–Crippen MR) is 365 cm³/mol. The summed E-state index contributed by atoms with van der Waals surface area (Å²) < 4.78 is 30.9. The number of phosphoric ester groups is 1. The van der Waals surface area contributed by atoms with Crippen molar-refractivity contribution in [2.75, 3.05) is 40.9 Å². The molecule has 0 radical (unpaired) electrons. The molecule has 0 fully saturated rings. The molecule has 0 spiro atoms. The van der Waals surface area contributed by atoms with E-state index >= 15 is 0 Å². The fraction of sp³-hybridized carbons (Fsp3) is 0.919. The van der Waals surface area contributed by atoms with Crippen LogP contribution in [0.3, 0.4) is 0 Å². The van der Waals surface area contributed by atoms with Gasteiger partial charge in [0.1, 0.15) is 19.3 Å². The summed E-state index contributed by atoms with van der Waals surface area (Å²) in [6.07, 6.45) is 79.1. The van der Waals surface area contributed by atoms with Crippen LogP contribution in [0, 0.1) is 0 Å². The molecular formula is C74H146N2O7P+. The smallest absolute Gasteiger partial charge is 0.456 e. The predicted octanol–water partition coefficient (Wildman–Crippen LogP) is 23.6. The van der Waals surface area contributed by atoms with E-state index in [0.717, 1.165) is 57.8 Å². The van der Waals surface area contributed by atoms with Gasteiger partial charge in [0, 0.05) is 12.8 Å². The maximum absolute atomic E-state index is 13.6. The van der Waals surface area contributed by atoms with Crippen molar-refractivity contribution in [3.05, 3.63) is 24.3 Å². The second-order valence-corrected chi connectivity index (χ2v) is 28.3. The van der Waals surface area contributed by atoms with Crippen LogP contribution < -0.4 is 5.32 Å². The molecule has 498 valence electrons. The highest BCUT2D eigenvalue weighted by atomic mass is 31.2. The zero-order valence-corrected chi connectivity index (χ0v) is 58.1. The largest absolute Gasteiger partial charge is 0.472 e. The van der Waals surface area contributed by atoms with Gasteiger partial charge in [-0.25, -0.2) is 4.57 Å². The summed E-state index contributed by atoms with van der Waals surface area (Å²) in [6.45, 7) is 7.08.